The molecule has 4 fully saturated rings. The Morgan fingerprint density at radius 2 is 1.63 bits per heavy atom. The number of carbonyl (C=O) groups is 2. The molecule has 1 N–H and O–H groups in total. The summed E-state index contributed by atoms with van der Waals surface area (Å²) in [6.07, 6.45) is 6.05. The van der Waals surface area contributed by atoms with Crippen LogP contribution in [0.2, 0.25) is 0 Å². The molecule has 0 radical (unpaired) electrons. The summed E-state index contributed by atoms with van der Waals surface area (Å²) in [6.45, 7) is 9.76. The maximum absolute atomic E-state index is 11.7. The number of aliphatic hydroxyl groups excluding tert-OH is 1. The smallest absolute Gasteiger partial charge is 0.302 e. The number of hydrogen-bond donors (Lipinski definition) is 1. The summed E-state index contributed by atoms with van der Waals surface area (Å²) < 4.78 is 10.9. The molecule has 0 bridgehead atoms. The lowest BCUT2D eigenvalue weighted by molar-refractivity contribution is -0.189. The van der Waals surface area contributed by atoms with Gasteiger partial charge in [0, 0.05) is 25.2 Å². The number of halogens is 1. The number of carbonyl (C=O) groups excluding carboxylic acids is 2. The molecule has 10 atom stereocenters. The molecule has 6 heteroatoms. The number of aliphatic hydroxyl groups is 1. The van der Waals surface area contributed by atoms with E-state index in [0.717, 1.165) is 44.9 Å². The van der Waals surface area contributed by atoms with Crippen LogP contribution in [-0.2, 0) is 19.1 Å². The Kier molecular flexibility index (Phi) is 5.62. The first-order valence-corrected chi connectivity index (χ1v) is 12.5. The van der Waals surface area contributed by atoms with Crippen LogP contribution in [-0.4, -0.2) is 39.7 Å². The molecule has 0 aromatic rings. The second kappa shape index (κ2) is 7.47. The highest BCUT2D eigenvalue weighted by Gasteiger charge is 2.69. The van der Waals surface area contributed by atoms with E-state index in [1.807, 2.05) is 0 Å². The van der Waals surface area contributed by atoms with Crippen molar-refractivity contribution in [2.24, 2.45) is 34.5 Å². The van der Waals surface area contributed by atoms with E-state index in [0.29, 0.717) is 17.8 Å². The van der Waals surface area contributed by atoms with Gasteiger partial charge in [0.15, 0.2) is 0 Å². The van der Waals surface area contributed by atoms with Gasteiger partial charge in [0.1, 0.15) is 12.2 Å². The van der Waals surface area contributed by atoms with Crippen molar-refractivity contribution in [1.29, 1.82) is 0 Å². The Morgan fingerprint density at radius 3 is 2.27 bits per heavy atom. The predicted molar refractivity (Wildman–Crippen MR) is 117 cm³/mol. The minimum atomic E-state index is -0.493. The Labute approximate surface area is 188 Å². The molecule has 0 saturated heterocycles. The monoisotopic (exact) mass is 484 g/mol. The quantitative estimate of drug-likeness (QED) is 0.456. The Balaban J connectivity index is 1.64. The average Bonchev–Trinajstić information content (AvgIpc) is 2.97. The second-order valence-electron chi connectivity index (χ2n) is 11.0. The Morgan fingerprint density at radius 1 is 0.967 bits per heavy atom. The Hall–Kier alpha value is -0.620. The van der Waals surface area contributed by atoms with Crippen molar-refractivity contribution in [3.63, 3.8) is 0 Å². The van der Waals surface area contributed by atoms with Gasteiger partial charge in [0.05, 0.1) is 10.4 Å². The van der Waals surface area contributed by atoms with E-state index in [9.17, 15) is 14.7 Å². The van der Waals surface area contributed by atoms with Crippen LogP contribution >= 0.6 is 15.9 Å². The molecule has 4 rings (SSSR count). The summed E-state index contributed by atoms with van der Waals surface area (Å²) in [7, 11) is 0. The van der Waals surface area contributed by atoms with Crippen LogP contribution in [0.5, 0.6) is 0 Å². The summed E-state index contributed by atoms with van der Waals surface area (Å²) in [6, 6.07) is 0. The lowest BCUT2D eigenvalue weighted by Gasteiger charge is -2.67. The highest BCUT2D eigenvalue weighted by molar-refractivity contribution is 9.10. The molecule has 4 saturated carbocycles. The molecule has 0 unspecified atom stereocenters. The molecule has 30 heavy (non-hydrogen) atoms. The molecule has 0 aromatic carbocycles. The summed E-state index contributed by atoms with van der Waals surface area (Å²) >= 11 is 4.07. The zero-order chi connectivity index (χ0) is 22.1. The van der Waals surface area contributed by atoms with Gasteiger partial charge in [0.25, 0.3) is 0 Å². The standard InChI is InChI=1S/C24H37BrO5/c1-13-19(29-14(2)26)9-11-23(5)18-8-10-22(4)17(6-7-21(22)30-15(3)27)16(18)12-20(28)24(13,23)25/h13,16-21,28H,6-12H2,1-5H3/t13-,16+,17+,18+,19+,20-,21+,22+,23-,24+/m1/s1. The zero-order valence-corrected chi connectivity index (χ0v) is 20.5. The average molecular weight is 485 g/mol. The van der Waals surface area contributed by atoms with E-state index >= 15 is 0 Å². The minimum Gasteiger partial charge on any atom is -0.462 e. The van der Waals surface area contributed by atoms with Crippen molar-refractivity contribution in [3.8, 4) is 0 Å². The molecule has 0 spiro atoms. The third-order valence-corrected chi connectivity index (χ3v) is 12.0. The maximum atomic E-state index is 11.7. The van der Waals surface area contributed by atoms with Crippen molar-refractivity contribution in [1.82, 2.24) is 0 Å². The van der Waals surface area contributed by atoms with Crippen molar-refractivity contribution in [2.45, 2.75) is 102 Å². The molecule has 0 aromatic heterocycles. The highest BCUT2D eigenvalue weighted by Crippen LogP contribution is 2.70. The zero-order valence-electron chi connectivity index (χ0n) is 18.9. The molecule has 5 nitrogen and oxygen atoms in total. The van der Waals surface area contributed by atoms with E-state index in [1.54, 1.807) is 0 Å². The van der Waals surface area contributed by atoms with Gasteiger partial charge in [-0.05, 0) is 68.1 Å². The number of hydrogen-bond acceptors (Lipinski definition) is 5. The van der Waals surface area contributed by atoms with E-state index in [2.05, 4.69) is 36.7 Å². The number of fused-ring (bicyclic) bond motifs is 5. The number of ether oxygens (including phenoxy) is 2. The van der Waals surface area contributed by atoms with E-state index in [1.165, 1.54) is 13.8 Å². The van der Waals surface area contributed by atoms with Crippen LogP contribution in [0.15, 0.2) is 0 Å². The predicted octanol–water partition coefficient (Wildman–Crippen LogP) is 4.63. The van der Waals surface area contributed by atoms with Crippen molar-refractivity contribution >= 4 is 27.9 Å². The van der Waals surface area contributed by atoms with Crippen LogP contribution in [0.4, 0.5) is 0 Å². The number of rotatable bonds is 2. The van der Waals surface area contributed by atoms with Crippen LogP contribution in [0.1, 0.15) is 79.6 Å². The van der Waals surface area contributed by atoms with E-state index < -0.39 is 10.4 Å². The van der Waals surface area contributed by atoms with Gasteiger partial charge in [-0.3, -0.25) is 9.59 Å². The first-order chi connectivity index (χ1) is 13.9. The van der Waals surface area contributed by atoms with Gasteiger partial charge in [-0.1, -0.05) is 36.7 Å². The summed E-state index contributed by atoms with van der Waals surface area (Å²) in [5.74, 6) is 1.04. The van der Waals surface area contributed by atoms with Crippen LogP contribution in [0, 0.1) is 34.5 Å². The number of alkyl halides is 1. The lowest BCUT2D eigenvalue weighted by atomic mass is 9.43. The third kappa shape index (κ3) is 3.02. The molecule has 0 heterocycles. The van der Waals surface area contributed by atoms with Crippen molar-refractivity contribution < 1.29 is 24.2 Å². The van der Waals surface area contributed by atoms with Gasteiger partial charge < -0.3 is 14.6 Å². The fourth-order valence-corrected chi connectivity index (χ4v) is 9.36. The lowest BCUT2D eigenvalue weighted by Crippen LogP contribution is -2.69. The number of esters is 2. The van der Waals surface area contributed by atoms with Gasteiger partial charge in [-0.15, -0.1) is 0 Å². The van der Waals surface area contributed by atoms with Gasteiger partial charge >= 0.3 is 11.9 Å². The first kappa shape index (κ1) is 22.6. The normalized spacial score (nSPS) is 52.6. The summed E-state index contributed by atoms with van der Waals surface area (Å²) in [4.78, 5) is 23.3. The van der Waals surface area contributed by atoms with Crippen molar-refractivity contribution in [3.05, 3.63) is 0 Å². The maximum Gasteiger partial charge on any atom is 0.302 e. The molecule has 4 aliphatic carbocycles. The molecule has 0 amide bonds. The topological polar surface area (TPSA) is 72.8 Å². The van der Waals surface area contributed by atoms with Crippen LogP contribution < -0.4 is 0 Å². The van der Waals surface area contributed by atoms with E-state index in [-0.39, 0.29) is 40.9 Å². The largest absolute Gasteiger partial charge is 0.462 e. The van der Waals surface area contributed by atoms with Crippen LogP contribution in [0.25, 0.3) is 0 Å². The summed E-state index contributed by atoms with van der Waals surface area (Å²) in [5, 5.41) is 11.5. The fraction of sp³-hybridized carbons (Fsp3) is 0.917. The highest BCUT2D eigenvalue weighted by atomic mass is 79.9. The third-order valence-electron chi connectivity index (χ3n) is 9.82. The molecule has 4 aliphatic rings. The van der Waals surface area contributed by atoms with Gasteiger partial charge in [0.2, 0.25) is 0 Å². The molecular formula is C24H37BrO5. The first-order valence-electron chi connectivity index (χ1n) is 11.7. The molecule has 0 aliphatic heterocycles. The minimum absolute atomic E-state index is 0.000166. The van der Waals surface area contributed by atoms with Crippen LogP contribution in [0.3, 0.4) is 0 Å². The van der Waals surface area contributed by atoms with Crippen molar-refractivity contribution in [2.75, 3.05) is 0 Å². The second-order valence-corrected chi connectivity index (χ2v) is 12.3. The molecule has 170 valence electrons. The summed E-state index contributed by atoms with van der Waals surface area (Å²) in [5.41, 5.74) is -0.0535. The van der Waals surface area contributed by atoms with Gasteiger partial charge in [-0.25, -0.2) is 0 Å². The Bertz CT molecular complexity index is 726. The SMILES string of the molecule is CC(=O)O[C@H]1CC[C@]2(C)[C@H]3CC[C@]4(C)[C@@H](OC(C)=O)CC[C@H]4[C@@H]3C[C@@H](O)[C@@]2(Br)[C@@H]1C. The van der Waals surface area contributed by atoms with E-state index in [4.69, 9.17) is 9.47 Å². The fourth-order valence-electron chi connectivity index (χ4n) is 8.38. The van der Waals surface area contributed by atoms with Gasteiger partial charge in [-0.2, -0.15) is 0 Å². The molecular weight excluding hydrogens is 448 g/mol.